The molecule has 168 valence electrons. The number of aliphatic carboxylic acids is 1. The summed E-state index contributed by atoms with van der Waals surface area (Å²) in [7, 11) is 0. The van der Waals surface area contributed by atoms with Gasteiger partial charge in [0.25, 0.3) is 5.92 Å². The molecule has 1 aliphatic heterocycles. The van der Waals surface area contributed by atoms with E-state index < -0.39 is 48.9 Å². The van der Waals surface area contributed by atoms with Crippen LogP contribution in [-0.2, 0) is 14.3 Å². The summed E-state index contributed by atoms with van der Waals surface area (Å²) in [5, 5.41) is 11.5. The van der Waals surface area contributed by atoms with Crippen molar-refractivity contribution in [3.8, 4) is 11.1 Å². The molecule has 0 radical (unpaired) electrons. The first kappa shape index (κ1) is 21.7. The SMILES string of the molecule is C[C@H](NC(=O)OCC1c2ccccc2-c2ccccc21)C(=O)N1CC(F)(F)C[C@@H]1C(=O)O. The minimum absolute atomic E-state index is 0.0281. The number of carbonyl (C=O) groups excluding carboxylic acids is 2. The third-order valence-electron chi connectivity index (χ3n) is 5.89. The molecule has 2 aromatic carbocycles. The number of fused-ring (bicyclic) bond motifs is 3. The molecule has 0 saturated carbocycles. The van der Waals surface area contributed by atoms with Crippen LogP contribution in [0.25, 0.3) is 11.1 Å². The quantitative estimate of drug-likeness (QED) is 0.738. The molecular weight excluding hydrogens is 422 g/mol. The summed E-state index contributed by atoms with van der Waals surface area (Å²) in [5.74, 6) is -5.87. The number of alkyl carbamates (subject to hydrolysis) is 1. The molecule has 9 heteroatoms. The normalized spacial score (nSPS) is 19.7. The van der Waals surface area contributed by atoms with Gasteiger partial charge in [0.05, 0.1) is 6.54 Å². The van der Waals surface area contributed by atoms with Crippen molar-refractivity contribution in [3.05, 3.63) is 59.7 Å². The van der Waals surface area contributed by atoms with Crippen LogP contribution >= 0.6 is 0 Å². The lowest BCUT2D eigenvalue weighted by molar-refractivity contribution is -0.148. The van der Waals surface area contributed by atoms with E-state index in [1.165, 1.54) is 6.92 Å². The number of alkyl halides is 2. The first-order valence-corrected chi connectivity index (χ1v) is 10.2. The van der Waals surface area contributed by atoms with E-state index in [0.29, 0.717) is 4.90 Å². The molecule has 1 aliphatic carbocycles. The summed E-state index contributed by atoms with van der Waals surface area (Å²) in [6.07, 6.45) is -1.84. The zero-order valence-electron chi connectivity index (χ0n) is 17.3. The number of benzene rings is 2. The first-order chi connectivity index (χ1) is 15.2. The van der Waals surface area contributed by atoms with Gasteiger partial charge < -0.3 is 20.1 Å². The van der Waals surface area contributed by atoms with E-state index in [4.69, 9.17) is 9.84 Å². The van der Waals surface area contributed by atoms with Gasteiger partial charge in [-0.15, -0.1) is 0 Å². The van der Waals surface area contributed by atoms with Crippen LogP contribution in [0.1, 0.15) is 30.4 Å². The number of carboxylic acids is 1. The smallest absolute Gasteiger partial charge is 0.407 e. The minimum Gasteiger partial charge on any atom is -0.480 e. The zero-order chi connectivity index (χ0) is 23.0. The second-order valence-electron chi connectivity index (χ2n) is 8.07. The molecule has 0 unspecified atom stereocenters. The van der Waals surface area contributed by atoms with Crippen LogP contribution in [0.15, 0.2) is 48.5 Å². The molecule has 1 fully saturated rings. The van der Waals surface area contributed by atoms with E-state index in [1.807, 2.05) is 48.5 Å². The Kier molecular flexibility index (Phi) is 5.58. The van der Waals surface area contributed by atoms with Gasteiger partial charge in [-0.2, -0.15) is 0 Å². The second-order valence-corrected chi connectivity index (χ2v) is 8.07. The Labute approximate surface area is 183 Å². The summed E-state index contributed by atoms with van der Waals surface area (Å²) in [6.45, 7) is 0.332. The van der Waals surface area contributed by atoms with Crippen molar-refractivity contribution in [2.75, 3.05) is 13.2 Å². The summed E-state index contributed by atoms with van der Waals surface area (Å²) < 4.78 is 32.7. The van der Waals surface area contributed by atoms with Crippen LogP contribution in [0.4, 0.5) is 13.6 Å². The molecule has 0 aromatic heterocycles. The number of amides is 2. The van der Waals surface area contributed by atoms with Gasteiger partial charge >= 0.3 is 12.1 Å². The lowest BCUT2D eigenvalue weighted by atomic mass is 9.98. The molecule has 0 bridgehead atoms. The van der Waals surface area contributed by atoms with Crippen LogP contribution in [0.3, 0.4) is 0 Å². The monoisotopic (exact) mass is 444 g/mol. The van der Waals surface area contributed by atoms with E-state index in [2.05, 4.69) is 5.32 Å². The Hall–Kier alpha value is -3.49. The van der Waals surface area contributed by atoms with Gasteiger partial charge in [-0.3, -0.25) is 4.79 Å². The Morgan fingerprint density at radius 2 is 1.69 bits per heavy atom. The third kappa shape index (κ3) is 4.02. The molecule has 1 heterocycles. The van der Waals surface area contributed by atoms with Crippen molar-refractivity contribution in [2.45, 2.75) is 37.3 Å². The van der Waals surface area contributed by atoms with Crippen LogP contribution in [0.5, 0.6) is 0 Å². The fourth-order valence-corrected chi connectivity index (χ4v) is 4.40. The van der Waals surface area contributed by atoms with Crippen molar-refractivity contribution in [2.24, 2.45) is 0 Å². The number of carboxylic acid groups (broad SMARTS) is 1. The van der Waals surface area contributed by atoms with Crippen LogP contribution in [-0.4, -0.2) is 59.1 Å². The molecule has 32 heavy (non-hydrogen) atoms. The zero-order valence-corrected chi connectivity index (χ0v) is 17.3. The Bertz CT molecular complexity index is 1030. The highest BCUT2D eigenvalue weighted by Gasteiger charge is 2.50. The number of nitrogens with one attached hydrogen (secondary N) is 1. The molecule has 2 atom stereocenters. The molecule has 2 N–H and O–H groups in total. The van der Waals surface area contributed by atoms with Gasteiger partial charge in [-0.1, -0.05) is 48.5 Å². The number of nitrogens with zero attached hydrogens (tertiary/aromatic N) is 1. The number of hydrogen-bond donors (Lipinski definition) is 2. The predicted molar refractivity (Wildman–Crippen MR) is 110 cm³/mol. The number of carbonyl (C=O) groups is 3. The van der Waals surface area contributed by atoms with Gasteiger partial charge in [0.2, 0.25) is 5.91 Å². The van der Waals surface area contributed by atoms with Gasteiger partial charge in [-0.05, 0) is 29.2 Å². The average Bonchev–Trinajstić information content (AvgIpc) is 3.26. The number of halogens is 2. The largest absolute Gasteiger partial charge is 0.480 e. The summed E-state index contributed by atoms with van der Waals surface area (Å²) in [4.78, 5) is 36.7. The molecule has 4 rings (SSSR count). The number of hydrogen-bond acceptors (Lipinski definition) is 4. The van der Waals surface area contributed by atoms with Crippen molar-refractivity contribution in [1.29, 1.82) is 0 Å². The van der Waals surface area contributed by atoms with Gasteiger partial charge in [0.1, 0.15) is 18.7 Å². The van der Waals surface area contributed by atoms with Crippen molar-refractivity contribution in [1.82, 2.24) is 10.2 Å². The number of rotatable bonds is 5. The molecule has 2 aliphatic rings. The predicted octanol–water partition coefficient (Wildman–Crippen LogP) is 3.23. The number of likely N-dealkylation sites (tertiary alicyclic amines) is 1. The van der Waals surface area contributed by atoms with E-state index in [0.717, 1.165) is 22.3 Å². The molecule has 2 aromatic rings. The highest BCUT2D eigenvalue weighted by Crippen LogP contribution is 2.44. The highest BCUT2D eigenvalue weighted by atomic mass is 19.3. The summed E-state index contributed by atoms with van der Waals surface area (Å²) in [6, 6.07) is 12.8. The summed E-state index contributed by atoms with van der Waals surface area (Å²) in [5.41, 5.74) is 4.18. The standard InChI is InChI=1S/C23H22F2N2O5/c1-13(20(28)27-12-23(24,25)10-19(27)21(29)30)26-22(31)32-11-18-16-8-4-2-6-14(16)15-7-3-5-9-17(15)18/h2-9,13,18-19H,10-12H2,1H3,(H,26,31)(H,29,30)/t13-,19+/m0/s1. The molecule has 1 saturated heterocycles. The number of ether oxygens (including phenoxy) is 1. The lowest BCUT2D eigenvalue weighted by Crippen LogP contribution is -2.50. The van der Waals surface area contributed by atoms with Crippen LogP contribution in [0, 0.1) is 0 Å². The maximum Gasteiger partial charge on any atom is 0.407 e. The topological polar surface area (TPSA) is 95.9 Å². The summed E-state index contributed by atoms with van der Waals surface area (Å²) >= 11 is 0. The average molecular weight is 444 g/mol. The van der Waals surface area contributed by atoms with E-state index in [-0.39, 0.29) is 12.5 Å². The Morgan fingerprint density at radius 1 is 1.12 bits per heavy atom. The second kappa shape index (κ2) is 8.22. The maximum absolute atomic E-state index is 13.7. The minimum atomic E-state index is -3.29. The maximum atomic E-state index is 13.7. The molecule has 0 spiro atoms. The highest BCUT2D eigenvalue weighted by molar-refractivity contribution is 5.89. The Morgan fingerprint density at radius 3 is 2.25 bits per heavy atom. The lowest BCUT2D eigenvalue weighted by Gasteiger charge is -2.25. The molecular formula is C23H22F2N2O5. The van der Waals surface area contributed by atoms with E-state index in [9.17, 15) is 23.2 Å². The van der Waals surface area contributed by atoms with E-state index >= 15 is 0 Å². The van der Waals surface area contributed by atoms with Crippen molar-refractivity contribution < 1.29 is 33.0 Å². The third-order valence-corrected chi connectivity index (χ3v) is 5.89. The fourth-order valence-electron chi connectivity index (χ4n) is 4.40. The van der Waals surface area contributed by atoms with Crippen molar-refractivity contribution >= 4 is 18.0 Å². The van der Waals surface area contributed by atoms with Crippen molar-refractivity contribution in [3.63, 3.8) is 0 Å². The first-order valence-electron chi connectivity index (χ1n) is 10.2. The van der Waals surface area contributed by atoms with E-state index in [1.54, 1.807) is 0 Å². The molecule has 7 nitrogen and oxygen atoms in total. The van der Waals surface area contributed by atoms with Crippen LogP contribution in [0.2, 0.25) is 0 Å². The fraction of sp³-hybridized carbons (Fsp3) is 0.348. The molecule has 2 amide bonds. The van der Waals surface area contributed by atoms with Gasteiger partial charge in [-0.25, -0.2) is 18.4 Å². The van der Waals surface area contributed by atoms with Gasteiger partial charge in [0, 0.05) is 12.3 Å². The Balaban J connectivity index is 1.39. The van der Waals surface area contributed by atoms with Crippen LogP contribution < -0.4 is 5.32 Å². The van der Waals surface area contributed by atoms with Gasteiger partial charge in [0.15, 0.2) is 0 Å².